The molecule has 120 valence electrons. The smallest absolute Gasteiger partial charge is 0.0983 e. The van der Waals surface area contributed by atoms with Gasteiger partial charge in [-0.25, -0.2) is 0 Å². The molecule has 24 heavy (non-hydrogen) atoms. The van der Waals surface area contributed by atoms with Crippen molar-refractivity contribution in [3.05, 3.63) is 96.1 Å². The van der Waals surface area contributed by atoms with Gasteiger partial charge in [0.2, 0.25) is 0 Å². The summed E-state index contributed by atoms with van der Waals surface area (Å²) in [6.45, 7) is 0.965. The van der Waals surface area contributed by atoms with Crippen LogP contribution in [0.3, 0.4) is 0 Å². The average molecular weight is 317 g/mol. The molecule has 2 aromatic heterocycles. The van der Waals surface area contributed by atoms with Crippen molar-refractivity contribution in [2.24, 2.45) is 4.99 Å². The lowest BCUT2D eigenvalue weighted by molar-refractivity contribution is 0.106. The fourth-order valence-electron chi connectivity index (χ4n) is 2.28. The Labute approximate surface area is 141 Å². The molecule has 4 heteroatoms. The summed E-state index contributed by atoms with van der Waals surface area (Å²) < 4.78 is 5.83. The van der Waals surface area contributed by atoms with Gasteiger partial charge < -0.3 is 4.74 Å². The third kappa shape index (κ3) is 4.83. The topological polar surface area (TPSA) is 47.4 Å². The first-order chi connectivity index (χ1) is 11.9. The van der Waals surface area contributed by atoms with Crippen LogP contribution in [0.25, 0.3) is 0 Å². The van der Waals surface area contributed by atoms with Crippen LogP contribution in [0.5, 0.6) is 0 Å². The van der Waals surface area contributed by atoms with Crippen LogP contribution in [0.1, 0.15) is 23.0 Å². The van der Waals surface area contributed by atoms with Gasteiger partial charge in [-0.2, -0.15) is 0 Å². The molecular weight excluding hydrogens is 298 g/mol. The molecule has 3 aromatic rings. The van der Waals surface area contributed by atoms with Crippen LogP contribution in [0.15, 0.2) is 84.1 Å². The van der Waals surface area contributed by atoms with Gasteiger partial charge in [-0.15, -0.1) is 0 Å². The molecule has 1 aromatic carbocycles. The number of ether oxygens (including phenoxy) is 1. The summed E-state index contributed by atoms with van der Waals surface area (Å²) in [4.78, 5) is 13.2. The lowest BCUT2D eigenvalue weighted by atomic mass is 10.1. The normalized spacial score (nSPS) is 12.3. The van der Waals surface area contributed by atoms with Gasteiger partial charge in [0.1, 0.15) is 0 Å². The van der Waals surface area contributed by atoms with Crippen LogP contribution >= 0.6 is 0 Å². The van der Waals surface area contributed by atoms with Crippen LogP contribution in [-0.4, -0.2) is 22.8 Å². The molecule has 0 saturated heterocycles. The molecule has 1 atom stereocenters. The molecule has 0 spiro atoms. The maximum Gasteiger partial charge on any atom is 0.0983 e. The predicted octanol–water partition coefficient (Wildman–Crippen LogP) is 3.85. The van der Waals surface area contributed by atoms with Gasteiger partial charge in [-0.05, 0) is 29.8 Å². The lowest BCUT2D eigenvalue weighted by Gasteiger charge is -2.13. The quantitative estimate of drug-likeness (QED) is 0.622. The van der Waals surface area contributed by atoms with Crippen LogP contribution in [0.4, 0.5) is 0 Å². The molecule has 0 saturated carbocycles. The van der Waals surface area contributed by atoms with Crippen molar-refractivity contribution in [3.8, 4) is 0 Å². The van der Waals surface area contributed by atoms with Gasteiger partial charge in [0.15, 0.2) is 0 Å². The molecule has 0 bridgehead atoms. The van der Waals surface area contributed by atoms with Crippen LogP contribution in [-0.2, 0) is 11.3 Å². The number of nitrogens with zero attached hydrogens (tertiary/aromatic N) is 3. The van der Waals surface area contributed by atoms with E-state index in [1.165, 1.54) is 0 Å². The first-order valence-corrected chi connectivity index (χ1v) is 7.88. The molecule has 0 amide bonds. The highest BCUT2D eigenvalue weighted by atomic mass is 16.5. The van der Waals surface area contributed by atoms with Crippen molar-refractivity contribution in [2.75, 3.05) is 6.61 Å². The van der Waals surface area contributed by atoms with E-state index in [1.54, 1.807) is 18.6 Å². The molecular formula is C20H19N3O. The standard InChI is InChI=1S/C20H19N3O/c1-2-8-17(9-3-1)20(23-14-18-10-4-6-12-21-18)16-24-15-19-11-5-7-13-22-19/h1-14,20H,15-16H2/t20-/m0/s1. The van der Waals surface area contributed by atoms with E-state index in [0.29, 0.717) is 13.2 Å². The van der Waals surface area contributed by atoms with Crippen molar-refractivity contribution < 1.29 is 4.74 Å². The Morgan fingerprint density at radius 1 is 0.875 bits per heavy atom. The number of hydrogen-bond donors (Lipinski definition) is 0. The van der Waals surface area contributed by atoms with E-state index in [0.717, 1.165) is 17.0 Å². The Morgan fingerprint density at radius 3 is 2.33 bits per heavy atom. The lowest BCUT2D eigenvalue weighted by Crippen LogP contribution is -2.07. The zero-order valence-electron chi connectivity index (χ0n) is 13.3. The third-order valence-corrected chi connectivity index (χ3v) is 3.51. The van der Waals surface area contributed by atoms with Gasteiger partial charge in [0.05, 0.1) is 30.6 Å². The average Bonchev–Trinajstić information content (AvgIpc) is 2.67. The molecule has 0 aliphatic carbocycles. The molecule has 0 fully saturated rings. The molecule has 4 nitrogen and oxygen atoms in total. The van der Waals surface area contributed by atoms with Crippen LogP contribution in [0, 0.1) is 0 Å². The minimum Gasteiger partial charge on any atom is -0.373 e. The van der Waals surface area contributed by atoms with Gasteiger partial charge >= 0.3 is 0 Å². The van der Waals surface area contributed by atoms with E-state index >= 15 is 0 Å². The SMILES string of the molecule is C(=N[C@@H](COCc1ccccn1)c1ccccc1)c1ccccn1. The number of pyridine rings is 2. The van der Waals surface area contributed by atoms with Gasteiger partial charge in [-0.3, -0.25) is 15.0 Å². The Hall–Kier alpha value is -2.85. The molecule has 3 rings (SSSR count). The Balaban J connectivity index is 1.67. The molecule has 0 N–H and O–H groups in total. The molecule has 0 unspecified atom stereocenters. The minimum absolute atomic E-state index is 0.0723. The number of aliphatic imine (C=N–C) groups is 1. The van der Waals surface area contributed by atoms with Gasteiger partial charge in [0, 0.05) is 18.6 Å². The largest absolute Gasteiger partial charge is 0.373 e. The predicted molar refractivity (Wildman–Crippen MR) is 94.9 cm³/mol. The van der Waals surface area contributed by atoms with E-state index in [4.69, 9.17) is 4.74 Å². The van der Waals surface area contributed by atoms with Crippen LogP contribution in [0.2, 0.25) is 0 Å². The Bertz CT molecular complexity index is 746. The first kappa shape index (κ1) is 16.0. The fourth-order valence-corrected chi connectivity index (χ4v) is 2.28. The number of aromatic nitrogens is 2. The second kappa shape index (κ2) is 8.70. The van der Waals surface area contributed by atoms with E-state index in [9.17, 15) is 0 Å². The number of hydrogen-bond acceptors (Lipinski definition) is 4. The monoisotopic (exact) mass is 317 g/mol. The highest BCUT2D eigenvalue weighted by Gasteiger charge is 2.09. The van der Waals surface area contributed by atoms with Crippen molar-refractivity contribution in [3.63, 3.8) is 0 Å². The highest BCUT2D eigenvalue weighted by molar-refractivity contribution is 5.76. The maximum absolute atomic E-state index is 5.83. The maximum atomic E-state index is 5.83. The van der Waals surface area contributed by atoms with E-state index in [-0.39, 0.29) is 6.04 Å². The summed E-state index contributed by atoms with van der Waals surface area (Å²) in [5, 5.41) is 0. The van der Waals surface area contributed by atoms with E-state index in [2.05, 4.69) is 27.1 Å². The second-order valence-corrected chi connectivity index (χ2v) is 5.30. The summed E-state index contributed by atoms with van der Waals surface area (Å²) in [6.07, 6.45) is 5.32. The summed E-state index contributed by atoms with van der Waals surface area (Å²) in [5.74, 6) is 0. The van der Waals surface area contributed by atoms with Crippen molar-refractivity contribution in [2.45, 2.75) is 12.6 Å². The molecule has 2 heterocycles. The first-order valence-electron chi connectivity index (χ1n) is 7.88. The van der Waals surface area contributed by atoms with Crippen LogP contribution < -0.4 is 0 Å². The Morgan fingerprint density at radius 2 is 1.62 bits per heavy atom. The zero-order chi connectivity index (χ0) is 16.5. The number of rotatable bonds is 7. The minimum atomic E-state index is -0.0723. The van der Waals surface area contributed by atoms with Crippen molar-refractivity contribution in [1.29, 1.82) is 0 Å². The molecule has 0 aliphatic heterocycles. The van der Waals surface area contributed by atoms with Gasteiger partial charge in [0.25, 0.3) is 0 Å². The van der Waals surface area contributed by atoms with E-state index in [1.807, 2.05) is 54.6 Å². The molecule has 0 aliphatic rings. The fraction of sp³-hybridized carbons (Fsp3) is 0.150. The summed E-state index contributed by atoms with van der Waals surface area (Å²) in [5.41, 5.74) is 2.87. The summed E-state index contributed by atoms with van der Waals surface area (Å²) >= 11 is 0. The zero-order valence-corrected chi connectivity index (χ0v) is 13.3. The van der Waals surface area contributed by atoms with Gasteiger partial charge in [-0.1, -0.05) is 42.5 Å². The third-order valence-electron chi connectivity index (χ3n) is 3.51. The second-order valence-electron chi connectivity index (χ2n) is 5.30. The molecule has 0 radical (unpaired) electrons. The van der Waals surface area contributed by atoms with Crippen molar-refractivity contribution in [1.82, 2.24) is 9.97 Å². The van der Waals surface area contributed by atoms with Crippen molar-refractivity contribution >= 4 is 6.21 Å². The number of benzene rings is 1. The van der Waals surface area contributed by atoms with E-state index < -0.39 is 0 Å². The summed E-state index contributed by atoms with van der Waals surface area (Å²) in [7, 11) is 0. The Kier molecular flexibility index (Phi) is 5.81. The summed E-state index contributed by atoms with van der Waals surface area (Å²) in [6, 6.07) is 21.6. The highest BCUT2D eigenvalue weighted by Crippen LogP contribution is 2.18.